The number of hydrogen-bond donors (Lipinski definition) is 3. The number of rotatable bonds is 7. The molecule has 0 radical (unpaired) electrons. The molecule has 5 heteroatoms. The van der Waals surface area contributed by atoms with Crippen LogP contribution in [0.1, 0.15) is 26.2 Å². The van der Waals surface area contributed by atoms with Gasteiger partial charge in [-0.05, 0) is 33.5 Å². The molecule has 0 aliphatic carbocycles. The van der Waals surface area contributed by atoms with Gasteiger partial charge >= 0.3 is 0 Å². The van der Waals surface area contributed by atoms with Crippen LogP contribution in [0.2, 0.25) is 0 Å². The van der Waals surface area contributed by atoms with Crippen LogP contribution in [0.5, 0.6) is 0 Å². The highest BCUT2D eigenvalue weighted by molar-refractivity contribution is 5.79. The summed E-state index contributed by atoms with van der Waals surface area (Å²) >= 11 is 0. The van der Waals surface area contributed by atoms with Crippen LogP contribution in [0.4, 0.5) is 0 Å². The van der Waals surface area contributed by atoms with Gasteiger partial charge in [-0.25, -0.2) is 5.84 Å². The van der Waals surface area contributed by atoms with E-state index in [1.54, 1.807) is 0 Å². The topological polar surface area (TPSA) is 65.7 Å². The molecule has 0 unspecified atom stereocenters. The summed E-state index contributed by atoms with van der Waals surface area (Å²) in [5.41, 5.74) is 2.57. The Balaban J connectivity index is 3.59. The number of hydrazine groups is 1. The van der Waals surface area contributed by atoms with Gasteiger partial charge in [0.1, 0.15) is 0 Å². The Kier molecular flexibility index (Phi) is 9.21. The van der Waals surface area contributed by atoms with E-state index >= 15 is 0 Å². The second-order valence-electron chi connectivity index (χ2n) is 3.81. The van der Waals surface area contributed by atoms with E-state index in [0.717, 1.165) is 32.5 Å². The quantitative estimate of drug-likeness (QED) is 0.186. The Bertz CT molecular complexity index is 167. The van der Waals surface area contributed by atoms with Crippen molar-refractivity contribution in [2.24, 2.45) is 10.8 Å². The van der Waals surface area contributed by atoms with E-state index in [2.05, 4.69) is 41.7 Å². The smallest absolute Gasteiger partial charge is 0.205 e. The lowest BCUT2D eigenvalue weighted by Crippen LogP contribution is -2.42. The lowest BCUT2D eigenvalue weighted by molar-refractivity contribution is 0.403. The Labute approximate surface area is 93.1 Å². The highest BCUT2D eigenvalue weighted by Crippen LogP contribution is 1.85. The first-order chi connectivity index (χ1) is 7.20. The third-order valence-electron chi connectivity index (χ3n) is 1.99. The van der Waals surface area contributed by atoms with E-state index in [9.17, 15) is 0 Å². The molecule has 5 nitrogen and oxygen atoms in total. The van der Waals surface area contributed by atoms with Gasteiger partial charge in [-0.2, -0.15) is 0 Å². The average molecular weight is 215 g/mol. The van der Waals surface area contributed by atoms with Crippen molar-refractivity contribution in [1.29, 1.82) is 0 Å². The molecule has 0 saturated carbocycles. The summed E-state index contributed by atoms with van der Waals surface area (Å²) < 4.78 is 0. The Morgan fingerprint density at radius 1 is 1.33 bits per heavy atom. The third kappa shape index (κ3) is 9.49. The molecule has 0 spiro atoms. The maximum Gasteiger partial charge on any atom is 0.205 e. The molecule has 0 rings (SSSR count). The molecule has 0 bridgehead atoms. The van der Waals surface area contributed by atoms with Crippen molar-refractivity contribution in [3.63, 3.8) is 0 Å². The number of hydrogen-bond acceptors (Lipinski definition) is 3. The fraction of sp³-hybridized carbons (Fsp3) is 0.900. The Morgan fingerprint density at radius 3 is 2.60 bits per heavy atom. The molecule has 0 aromatic heterocycles. The van der Waals surface area contributed by atoms with Crippen LogP contribution < -0.4 is 16.6 Å². The van der Waals surface area contributed by atoms with Crippen molar-refractivity contribution in [2.45, 2.75) is 26.2 Å². The molecular formula is C10H25N5. The maximum atomic E-state index is 5.34. The molecular weight excluding hydrogens is 190 g/mol. The fourth-order valence-corrected chi connectivity index (χ4v) is 1.11. The number of nitrogens with one attached hydrogen (secondary N) is 2. The maximum absolute atomic E-state index is 5.34. The summed E-state index contributed by atoms with van der Waals surface area (Å²) in [6, 6.07) is 0. The van der Waals surface area contributed by atoms with Crippen molar-refractivity contribution < 1.29 is 0 Å². The molecule has 0 atom stereocenters. The summed E-state index contributed by atoms with van der Waals surface area (Å²) in [5.74, 6) is 6.04. The zero-order chi connectivity index (χ0) is 11.5. The molecule has 0 fully saturated rings. The minimum atomic E-state index is 0.696. The highest BCUT2D eigenvalue weighted by atomic mass is 15.3. The van der Waals surface area contributed by atoms with Gasteiger partial charge in [0.25, 0.3) is 0 Å². The first kappa shape index (κ1) is 14.2. The summed E-state index contributed by atoms with van der Waals surface area (Å²) in [5, 5.41) is 3.16. The predicted octanol–water partition coefficient (Wildman–Crippen LogP) is 0.147. The zero-order valence-electron chi connectivity index (χ0n) is 10.2. The standard InChI is InChI=1S/C10H25N5/c1-4-5-7-12-10(14-11)13-8-6-9-15(2)3/h4-9,11H2,1-3H3,(H2,12,13,14). The van der Waals surface area contributed by atoms with Crippen molar-refractivity contribution in [3.8, 4) is 0 Å². The number of aliphatic imine (C=N–C) groups is 1. The highest BCUT2D eigenvalue weighted by Gasteiger charge is 1.94. The second-order valence-corrected chi connectivity index (χ2v) is 3.81. The van der Waals surface area contributed by atoms with Gasteiger partial charge in [0.05, 0.1) is 0 Å². The average Bonchev–Trinajstić information content (AvgIpc) is 2.21. The van der Waals surface area contributed by atoms with E-state index < -0.39 is 0 Å². The van der Waals surface area contributed by atoms with Gasteiger partial charge in [-0.3, -0.25) is 10.4 Å². The molecule has 4 N–H and O–H groups in total. The van der Waals surface area contributed by atoms with E-state index in [-0.39, 0.29) is 0 Å². The zero-order valence-corrected chi connectivity index (χ0v) is 10.2. The van der Waals surface area contributed by atoms with Gasteiger partial charge < -0.3 is 10.2 Å². The molecule has 15 heavy (non-hydrogen) atoms. The van der Waals surface area contributed by atoms with Crippen molar-refractivity contribution in [1.82, 2.24) is 15.6 Å². The molecule has 0 aromatic carbocycles. The minimum Gasteiger partial charge on any atom is -0.355 e. The van der Waals surface area contributed by atoms with Crippen LogP contribution in [0.3, 0.4) is 0 Å². The minimum absolute atomic E-state index is 0.696. The van der Waals surface area contributed by atoms with Gasteiger partial charge in [0.15, 0.2) is 0 Å². The van der Waals surface area contributed by atoms with Crippen molar-refractivity contribution in [3.05, 3.63) is 0 Å². The van der Waals surface area contributed by atoms with Gasteiger partial charge in [-0.1, -0.05) is 13.3 Å². The van der Waals surface area contributed by atoms with Crippen LogP contribution in [0, 0.1) is 0 Å². The molecule has 0 aliphatic heterocycles. The lowest BCUT2D eigenvalue weighted by Gasteiger charge is -2.10. The van der Waals surface area contributed by atoms with Crippen molar-refractivity contribution in [2.75, 3.05) is 33.7 Å². The molecule has 0 heterocycles. The van der Waals surface area contributed by atoms with Crippen LogP contribution in [-0.2, 0) is 0 Å². The number of nitrogens with zero attached hydrogens (tertiary/aromatic N) is 2. The van der Waals surface area contributed by atoms with E-state index in [1.165, 1.54) is 6.42 Å². The number of guanidine groups is 1. The monoisotopic (exact) mass is 215 g/mol. The van der Waals surface area contributed by atoms with Crippen LogP contribution >= 0.6 is 0 Å². The third-order valence-corrected chi connectivity index (χ3v) is 1.99. The van der Waals surface area contributed by atoms with Crippen LogP contribution in [-0.4, -0.2) is 44.6 Å². The van der Waals surface area contributed by atoms with E-state index in [4.69, 9.17) is 5.84 Å². The molecule has 90 valence electrons. The van der Waals surface area contributed by atoms with E-state index in [0.29, 0.717) is 5.96 Å². The number of nitrogens with two attached hydrogens (primary N) is 1. The first-order valence-corrected chi connectivity index (χ1v) is 5.60. The Morgan fingerprint density at radius 2 is 2.07 bits per heavy atom. The van der Waals surface area contributed by atoms with Crippen LogP contribution in [0.25, 0.3) is 0 Å². The molecule has 0 saturated heterocycles. The predicted molar refractivity (Wildman–Crippen MR) is 65.7 cm³/mol. The normalized spacial score (nSPS) is 11.9. The summed E-state index contributed by atoms with van der Waals surface area (Å²) in [7, 11) is 4.12. The molecule has 0 aromatic rings. The fourth-order valence-electron chi connectivity index (χ4n) is 1.11. The summed E-state index contributed by atoms with van der Waals surface area (Å²) in [6.07, 6.45) is 3.36. The number of unbranched alkanes of at least 4 members (excludes halogenated alkanes) is 1. The SMILES string of the molecule is CCCCNC(=NCCCN(C)C)NN. The van der Waals surface area contributed by atoms with E-state index in [1.807, 2.05) is 0 Å². The van der Waals surface area contributed by atoms with Gasteiger partial charge in [0, 0.05) is 13.1 Å². The summed E-state index contributed by atoms with van der Waals surface area (Å²) in [4.78, 5) is 6.48. The largest absolute Gasteiger partial charge is 0.355 e. The molecule has 0 amide bonds. The van der Waals surface area contributed by atoms with Gasteiger partial charge in [0.2, 0.25) is 5.96 Å². The van der Waals surface area contributed by atoms with Crippen molar-refractivity contribution >= 4 is 5.96 Å². The van der Waals surface area contributed by atoms with Crippen LogP contribution in [0.15, 0.2) is 4.99 Å². The molecule has 0 aliphatic rings. The Hall–Kier alpha value is -0.810. The lowest BCUT2D eigenvalue weighted by atomic mass is 10.3. The first-order valence-electron chi connectivity index (χ1n) is 5.60. The summed E-state index contributed by atoms with van der Waals surface area (Å²) in [6.45, 7) is 4.94. The second kappa shape index (κ2) is 9.73. The van der Waals surface area contributed by atoms with Gasteiger partial charge in [-0.15, -0.1) is 0 Å².